The minimum atomic E-state index is -0.844. The molecule has 0 bridgehead atoms. The molecule has 10 nitrogen and oxygen atoms in total. The number of nitriles is 1. The van der Waals surface area contributed by atoms with Gasteiger partial charge in [-0.05, 0) is 57.0 Å². The molecule has 0 saturated heterocycles. The maximum absolute atomic E-state index is 12.1. The van der Waals surface area contributed by atoms with E-state index in [1.807, 2.05) is 23.8 Å². The molecule has 12 heteroatoms. The predicted octanol–water partition coefficient (Wildman–Crippen LogP) is 2.87. The highest BCUT2D eigenvalue weighted by atomic mass is 79.9. The Morgan fingerprint density at radius 1 is 1.23 bits per heavy atom. The van der Waals surface area contributed by atoms with Crippen LogP contribution in [-0.2, 0) is 6.54 Å². The summed E-state index contributed by atoms with van der Waals surface area (Å²) in [6, 6.07) is 6.67. The maximum atomic E-state index is 12.1. The van der Waals surface area contributed by atoms with Gasteiger partial charge in [0.25, 0.3) is 5.56 Å². The molecule has 1 N–H and O–H groups in total. The van der Waals surface area contributed by atoms with E-state index in [2.05, 4.69) is 51.9 Å². The summed E-state index contributed by atoms with van der Waals surface area (Å²) >= 11 is 6.85. The topological polar surface area (TPSA) is 131 Å². The number of rotatable bonds is 4. The first-order valence-electron chi connectivity index (χ1n) is 8.53. The van der Waals surface area contributed by atoms with Crippen molar-refractivity contribution in [3.05, 3.63) is 66.2 Å². The molecule has 150 valence electrons. The van der Waals surface area contributed by atoms with E-state index >= 15 is 0 Å². The van der Waals surface area contributed by atoms with E-state index in [1.54, 1.807) is 18.2 Å². The molecular formula is C18H11Br2N7O3. The van der Waals surface area contributed by atoms with Gasteiger partial charge in [0.05, 0.1) is 20.0 Å². The molecule has 0 aliphatic carbocycles. The van der Waals surface area contributed by atoms with E-state index in [9.17, 15) is 9.59 Å². The summed E-state index contributed by atoms with van der Waals surface area (Å²) in [6.45, 7) is 2.77. The van der Waals surface area contributed by atoms with Gasteiger partial charge in [-0.25, -0.2) is 14.8 Å². The summed E-state index contributed by atoms with van der Waals surface area (Å²) in [5.41, 5.74) is -0.984. The zero-order valence-electron chi connectivity index (χ0n) is 15.3. The number of H-pyrrole nitrogens is 1. The summed E-state index contributed by atoms with van der Waals surface area (Å²) in [6.07, 6.45) is 3.33. The van der Waals surface area contributed by atoms with E-state index in [-0.39, 0.29) is 0 Å². The van der Waals surface area contributed by atoms with E-state index in [1.165, 1.54) is 6.33 Å². The number of nitrogens with zero attached hydrogens (tertiary/aromatic N) is 6. The Labute approximate surface area is 185 Å². The second-order valence-electron chi connectivity index (χ2n) is 5.99. The number of halogens is 2. The molecular weight excluding hydrogens is 522 g/mol. The van der Waals surface area contributed by atoms with Gasteiger partial charge in [0, 0.05) is 12.7 Å². The Hall–Kier alpha value is -3.30. The fourth-order valence-electron chi connectivity index (χ4n) is 2.83. The summed E-state index contributed by atoms with van der Waals surface area (Å²) in [5, 5.41) is 13.6. The number of benzene rings is 1. The van der Waals surface area contributed by atoms with Crippen LogP contribution in [-0.4, -0.2) is 29.3 Å². The average Bonchev–Trinajstić information content (AvgIpc) is 3.14. The lowest BCUT2D eigenvalue weighted by molar-refractivity contribution is 0.462. The lowest BCUT2D eigenvalue weighted by atomic mass is 10.3. The van der Waals surface area contributed by atoms with Crippen molar-refractivity contribution >= 4 is 42.9 Å². The molecule has 0 spiro atoms. The summed E-state index contributed by atoms with van der Waals surface area (Å²) in [5.74, 6) is 0.786. The van der Waals surface area contributed by atoms with Crippen molar-refractivity contribution in [2.45, 2.75) is 13.5 Å². The van der Waals surface area contributed by atoms with Crippen LogP contribution >= 0.6 is 31.9 Å². The first kappa shape index (κ1) is 20.0. The van der Waals surface area contributed by atoms with E-state index in [4.69, 9.17) is 10.00 Å². The fourth-order valence-corrected chi connectivity index (χ4v) is 4.15. The van der Waals surface area contributed by atoms with Gasteiger partial charge in [0.2, 0.25) is 11.6 Å². The van der Waals surface area contributed by atoms with Gasteiger partial charge in [-0.15, -0.1) is 5.10 Å². The van der Waals surface area contributed by atoms with Crippen LogP contribution in [0.25, 0.3) is 16.7 Å². The van der Waals surface area contributed by atoms with Crippen LogP contribution < -0.4 is 16.0 Å². The first-order valence-corrected chi connectivity index (χ1v) is 10.1. The van der Waals surface area contributed by atoms with Gasteiger partial charge in [-0.3, -0.25) is 9.78 Å². The second-order valence-corrected chi connectivity index (χ2v) is 7.70. The van der Waals surface area contributed by atoms with Gasteiger partial charge in [-0.1, -0.05) is 0 Å². The quantitative estimate of drug-likeness (QED) is 0.427. The Balaban J connectivity index is 1.79. The molecule has 0 unspecified atom stereocenters. The van der Waals surface area contributed by atoms with Crippen molar-refractivity contribution in [3.8, 4) is 23.4 Å². The van der Waals surface area contributed by atoms with Crippen molar-refractivity contribution in [3.63, 3.8) is 0 Å². The number of nitrogens with one attached hydrogen (secondary N) is 1. The molecule has 3 heterocycles. The Kier molecular flexibility index (Phi) is 5.23. The second kappa shape index (κ2) is 7.85. The first-order chi connectivity index (χ1) is 14.4. The molecule has 0 aliphatic rings. The maximum Gasteiger partial charge on any atom is 0.349 e. The molecule has 0 saturated carbocycles. The molecule has 0 atom stereocenters. The van der Waals surface area contributed by atoms with Crippen LogP contribution in [0.5, 0.6) is 11.6 Å². The Bertz CT molecular complexity index is 1430. The van der Waals surface area contributed by atoms with Gasteiger partial charge >= 0.3 is 5.69 Å². The number of aryl methyl sites for hydroxylation is 1. The highest BCUT2D eigenvalue weighted by molar-refractivity contribution is 9.11. The number of ether oxygens (including phenoxy) is 1. The largest absolute Gasteiger partial charge is 0.436 e. The number of hydrogen-bond donors (Lipinski definition) is 1. The monoisotopic (exact) mass is 531 g/mol. The molecule has 0 radical (unpaired) electrons. The molecule has 4 aromatic rings. The predicted molar refractivity (Wildman–Crippen MR) is 114 cm³/mol. The Morgan fingerprint density at radius 2 is 1.97 bits per heavy atom. The molecule has 0 aliphatic heterocycles. The van der Waals surface area contributed by atoms with E-state index < -0.39 is 16.9 Å². The zero-order valence-corrected chi connectivity index (χ0v) is 18.4. The number of hydrogen-bond acceptors (Lipinski definition) is 7. The molecule has 30 heavy (non-hydrogen) atoms. The average molecular weight is 533 g/mol. The molecule has 0 amide bonds. The van der Waals surface area contributed by atoms with Crippen molar-refractivity contribution in [2.24, 2.45) is 0 Å². The summed E-state index contributed by atoms with van der Waals surface area (Å²) in [4.78, 5) is 34.3. The molecule has 4 rings (SSSR count). The minimum absolute atomic E-state index is 0.309. The lowest BCUT2D eigenvalue weighted by Gasteiger charge is -2.12. The van der Waals surface area contributed by atoms with Gasteiger partial charge in [0.1, 0.15) is 18.0 Å². The zero-order chi connectivity index (χ0) is 21.4. The van der Waals surface area contributed by atoms with E-state index in [0.717, 1.165) is 22.3 Å². The SMILES string of the molecule is CCn1ccc2c(Oc3c(Br)cc(-n4nc(C#N)c(=O)[nH]c4=O)cc3Br)ncnc21. The van der Waals surface area contributed by atoms with Crippen molar-refractivity contribution < 1.29 is 4.74 Å². The van der Waals surface area contributed by atoms with Crippen LogP contribution in [0.15, 0.2) is 49.3 Å². The lowest BCUT2D eigenvalue weighted by Crippen LogP contribution is -2.33. The highest BCUT2D eigenvalue weighted by Gasteiger charge is 2.17. The van der Waals surface area contributed by atoms with Gasteiger partial charge in [-0.2, -0.15) is 9.94 Å². The smallest absolute Gasteiger partial charge is 0.349 e. The normalized spacial score (nSPS) is 10.9. The standard InChI is InChI=1S/C18H11Br2N7O3/c1-2-26-4-3-10-15(26)22-8-23-17(10)30-14-11(19)5-9(6-12(14)20)27-18(29)24-16(28)13(7-21)25-27/h3-6,8H,2H2,1H3,(H,24,28,29). The minimum Gasteiger partial charge on any atom is -0.436 e. The molecule has 1 aromatic carbocycles. The number of aromatic amines is 1. The fraction of sp³-hybridized carbons (Fsp3) is 0.111. The number of aromatic nitrogens is 6. The molecule has 0 fully saturated rings. The van der Waals surface area contributed by atoms with Crippen LogP contribution in [0, 0.1) is 11.3 Å². The van der Waals surface area contributed by atoms with E-state index in [0.29, 0.717) is 26.3 Å². The van der Waals surface area contributed by atoms with Crippen LogP contribution in [0.1, 0.15) is 12.6 Å². The van der Waals surface area contributed by atoms with Crippen molar-refractivity contribution in [1.82, 2.24) is 29.3 Å². The number of fused-ring (bicyclic) bond motifs is 1. The third-order valence-corrected chi connectivity index (χ3v) is 5.40. The summed E-state index contributed by atoms with van der Waals surface area (Å²) in [7, 11) is 0. The van der Waals surface area contributed by atoms with Crippen LogP contribution in [0.2, 0.25) is 0 Å². The van der Waals surface area contributed by atoms with Crippen molar-refractivity contribution in [2.75, 3.05) is 0 Å². The third-order valence-electron chi connectivity index (χ3n) is 4.22. The Morgan fingerprint density at radius 3 is 2.63 bits per heavy atom. The molecule has 3 aromatic heterocycles. The van der Waals surface area contributed by atoms with Crippen LogP contribution in [0.3, 0.4) is 0 Å². The summed E-state index contributed by atoms with van der Waals surface area (Å²) < 4.78 is 9.90. The van der Waals surface area contributed by atoms with Crippen molar-refractivity contribution in [1.29, 1.82) is 5.26 Å². The highest BCUT2D eigenvalue weighted by Crippen LogP contribution is 2.39. The third kappa shape index (κ3) is 3.42. The van der Waals surface area contributed by atoms with Crippen LogP contribution in [0.4, 0.5) is 0 Å². The van der Waals surface area contributed by atoms with Gasteiger partial charge < -0.3 is 9.30 Å². The van der Waals surface area contributed by atoms with Gasteiger partial charge in [0.15, 0.2) is 5.75 Å².